The highest BCUT2D eigenvalue weighted by molar-refractivity contribution is 5.29. The van der Waals surface area contributed by atoms with Gasteiger partial charge in [0, 0.05) is 0 Å². The summed E-state index contributed by atoms with van der Waals surface area (Å²) in [5.74, 6) is 0.679. The van der Waals surface area contributed by atoms with Crippen LogP contribution in [0.25, 0.3) is 0 Å². The third kappa shape index (κ3) is 2.59. The molecule has 1 aliphatic carbocycles. The number of hydrogen-bond donors (Lipinski definition) is 1. The van der Waals surface area contributed by atoms with Crippen LogP contribution in [0.1, 0.15) is 42.9 Å². The van der Waals surface area contributed by atoms with Crippen LogP contribution in [0, 0.1) is 0 Å². The molecule has 3 heteroatoms. The zero-order valence-corrected chi connectivity index (χ0v) is 9.42. The summed E-state index contributed by atoms with van der Waals surface area (Å²) in [6, 6.07) is 6.79. The summed E-state index contributed by atoms with van der Waals surface area (Å²) in [6.45, 7) is 2.40. The van der Waals surface area contributed by atoms with Gasteiger partial charge in [-0.2, -0.15) is 0 Å². The molecule has 1 aromatic rings. The molecule has 0 spiro atoms. The van der Waals surface area contributed by atoms with E-state index in [0.717, 1.165) is 0 Å². The van der Waals surface area contributed by atoms with Crippen molar-refractivity contribution in [3.05, 3.63) is 35.4 Å². The molecule has 0 saturated heterocycles. The third-order valence-electron chi connectivity index (χ3n) is 3.02. The van der Waals surface area contributed by atoms with Crippen LogP contribution in [0.15, 0.2) is 24.3 Å². The molecule has 0 aliphatic heterocycles. The van der Waals surface area contributed by atoms with Gasteiger partial charge in [0.2, 0.25) is 0 Å². The van der Waals surface area contributed by atoms with E-state index in [1.54, 1.807) is 0 Å². The molecule has 1 atom stereocenters. The van der Waals surface area contributed by atoms with Crippen molar-refractivity contribution in [3.8, 4) is 0 Å². The first-order valence-electron chi connectivity index (χ1n) is 5.83. The Morgan fingerprint density at radius 2 is 1.88 bits per heavy atom. The van der Waals surface area contributed by atoms with Crippen molar-refractivity contribution >= 4 is 0 Å². The molecule has 1 unspecified atom stereocenters. The van der Waals surface area contributed by atoms with Crippen LogP contribution in [0.2, 0.25) is 0 Å². The van der Waals surface area contributed by atoms with E-state index in [4.69, 9.17) is 0 Å². The third-order valence-corrected chi connectivity index (χ3v) is 3.02. The Morgan fingerprint density at radius 3 is 2.31 bits per heavy atom. The number of nitrogens with one attached hydrogen (secondary N) is 1. The van der Waals surface area contributed by atoms with Gasteiger partial charge in [0.1, 0.15) is 0 Å². The molecule has 1 aliphatic rings. The summed E-state index contributed by atoms with van der Waals surface area (Å²) >= 11 is 0. The monoisotopic (exact) mass is 225 g/mol. The van der Waals surface area contributed by atoms with Gasteiger partial charge in [0.25, 0.3) is 6.43 Å². The lowest BCUT2D eigenvalue weighted by molar-refractivity contribution is 0.0993. The molecule has 16 heavy (non-hydrogen) atoms. The van der Waals surface area contributed by atoms with Crippen molar-refractivity contribution in [2.24, 2.45) is 0 Å². The average Bonchev–Trinajstić information content (AvgIpc) is 3.10. The van der Waals surface area contributed by atoms with Crippen LogP contribution < -0.4 is 5.32 Å². The number of halogens is 2. The maximum atomic E-state index is 12.8. The molecule has 0 amide bonds. The number of benzene rings is 1. The molecule has 1 aromatic carbocycles. The second-order valence-electron chi connectivity index (χ2n) is 4.31. The van der Waals surface area contributed by atoms with Crippen molar-refractivity contribution < 1.29 is 8.78 Å². The van der Waals surface area contributed by atoms with Crippen LogP contribution in [0.3, 0.4) is 0 Å². The van der Waals surface area contributed by atoms with E-state index in [-0.39, 0.29) is 0 Å². The van der Waals surface area contributed by atoms with Gasteiger partial charge in [-0.15, -0.1) is 0 Å². The van der Waals surface area contributed by atoms with Gasteiger partial charge in [-0.3, -0.25) is 0 Å². The molecule has 0 bridgehead atoms. The van der Waals surface area contributed by atoms with Gasteiger partial charge in [0.05, 0.1) is 6.04 Å². The molecule has 1 nitrogen and oxygen atoms in total. The maximum Gasteiger partial charge on any atom is 0.257 e. The van der Waals surface area contributed by atoms with Crippen molar-refractivity contribution in [2.75, 3.05) is 6.54 Å². The van der Waals surface area contributed by atoms with Crippen molar-refractivity contribution in [1.82, 2.24) is 5.32 Å². The summed E-state index contributed by atoms with van der Waals surface area (Å²) in [6.07, 6.45) is 0.127. The highest BCUT2D eigenvalue weighted by Crippen LogP contribution is 2.40. The Bertz CT molecular complexity index is 330. The lowest BCUT2D eigenvalue weighted by atomic mass is 10.0. The van der Waals surface area contributed by atoms with Gasteiger partial charge >= 0.3 is 0 Å². The fourth-order valence-corrected chi connectivity index (χ4v) is 1.96. The molecule has 0 aromatic heterocycles. The normalized spacial score (nSPS) is 17.8. The predicted octanol–water partition coefficient (Wildman–Crippen LogP) is 3.48. The SMILES string of the molecule is CCNC(c1ccc(C2CC2)cc1)C(F)F. The molecule has 0 radical (unpaired) electrons. The maximum absolute atomic E-state index is 12.8. The first kappa shape index (κ1) is 11.5. The summed E-state index contributed by atoms with van der Waals surface area (Å²) in [5.41, 5.74) is 1.97. The van der Waals surface area contributed by atoms with E-state index >= 15 is 0 Å². The molecular formula is C13H17F2N. The van der Waals surface area contributed by atoms with E-state index < -0.39 is 12.5 Å². The van der Waals surface area contributed by atoms with E-state index in [2.05, 4.69) is 5.32 Å². The Balaban J connectivity index is 2.11. The Kier molecular flexibility index (Phi) is 3.54. The molecule has 1 saturated carbocycles. The van der Waals surface area contributed by atoms with Gasteiger partial charge in [-0.1, -0.05) is 31.2 Å². The van der Waals surface area contributed by atoms with Gasteiger partial charge in [0.15, 0.2) is 0 Å². The molecule has 1 fully saturated rings. The van der Waals surface area contributed by atoms with Crippen molar-refractivity contribution in [3.63, 3.8) is 0 Å². The minimum atomic E-state index is -2.35. The number of alkyl halides is 2. The summed E-state index contributed by atoms with van der Waals surface area (Å²) in [4.78, 5) is 0. The first-order chi connectivity index (χ1) is 7.72. The van der Waals surface area contributed by atoms with Crippen LogP contribution in [0.5, 0.6) is 0 Å². The standard InChI is InChI=1S/C13H17F2N/c1-2-16-12(13(14)15)11-7-5-10(6-8-11)9-3-4-9/h5-9,12-13,16H,2-4H2,1H3. The molecule has 1 N–H and O–H groups in total. The topological polar surface area (TPSA) is 12.0 Å². The molecule has 88 valence electrons. The van der Waals surface area contributed by atoms with Gasteiger partial charge in [-0.25, -0.2) is 8.78 Å². The zero-order valence-electron chi connectivity index (χ0n) is 9.42. The second-order valence-corrected chi connectivity index (χ2v) is 4.31. The van der Waals surface area contributed by atoms with Crippen molar-refractivity contribution in [1.29, 1.82) is 0 Å². The van der Waals surface area contributed by atoms with E-state index in [1.165, 1.54) is 18.4 Å². The lowest BCUT2D eigenvalue weighted by Crippen LogP contribution is -2.26. The summed E-state index contributed by atoms with van der Waals surface area (Å²) in [7, 11) is 0. The van der Waals surface area contributed by atoms with Crippen LogP contribution in [-0.4, -0.2) is 13.0 Å². The van der Waals surface area contributed by atoms with Gasteiger partial charge < -0.3 is 5.32 Å². The number of hydrogen-bond acceptors (Lipinski definition) is 1. The average molecular weight is 225 g/mol. The largest absolute Gasteiger partial charge is 0.306 e. The predicted molar refractivity (Wildman–Crippen MR) is 60.8 cm³/mol. The molecular weight excluding hydrogens is 208 g/mol. The van der Waals surface area contributed by atoms with Crippen LogP contribution in [-0.2, 0) is 0 Å². The number of rotatable bonds is 5. The minimum Gasteiger partial charge on any atom is -0.306 e. The quantitative estimate of drug-likeness (QED) is 0.809. The molecule has 2 rings (SSSR count). The molecule has 0 heterocycles. The lowest BCUT2D eigenvalue weighted by Gasteiger charge is -2.17. The van der Waals surface area contributed by atoms with Crippen LogP contribution in [0.4, 0.5) is 8.78 Å². The Labute approximate surface area is 94.9 Å². The van der Waals surface area contributed by atoms with Crippen molar-refractivity contribution in [2.45, 2.75) is 38.2 Å². The zero-order chi connectivity index (χ0) is 11.5. The summed E-state index contributed by atoms with van der Waals surface area (Å²) < 4.78 is 25.6. The van der Waals surface area contributed by atoms with Gasteiger partial charge in [-0.05, 0) is 36.4 Å². The fraction of sp³-hybridized carbons (Fsp3) is 0.538. The second kappa shape index (κ2) is 4.91. The Hall–Kier alpha value is -0.960. The minimum absolute atomic E-state index is 0.555. The van der Waals surface area contributed by atoms with E-state index in [0.29, 0.717) is 18.0 Å². The van der Waals surface area contributed by atoms with E-state index in [9.17, 15) is 8.78 Å². The van der Waals surface area contributed by atoms with Crippen LogP contribution >= 0.6 is 0 Å². The van der Waals surface area contributed by atoms with E-state index in [1.807, 2.05) is 31.2 Å². The Morgan fingerprint density at radius 1 is 1.25 bits per heavy atom. The highest BCUT2D eigenvalue weighted by atomic mass is 19.3. The smallest absolute Gasteiger partial charge is 0.257 e. The first-order valence-corrected chi connectivity index (χ1v) is 5.83. The highest BCUT2D eigenvalue weighted by Gasteiger charge is 2.25. The summed E-state index contributed by atoms with van der Waals surface area (Å²) in [5, 5.41) is 2.81. The fourth-order valence-electron chi connectivity index (χ4n) is 1.96.